The third-order valence-electron chi connectivity index (χ3n) is 2.87. The van der Waals surface area contributed by atoms with Gasteiger partial charge < -0.3 is 10.7 Å². The van der Waals surface area contributed by atoms with Crippen molar-refractivity contribution in [2.45, 2.75) is 6.42 Å². The second-order valence-corrected chi connectivity index (χ2v) is 4.08. The third-order valence-corrected chi connectivity index (χ3v) is 2.87. The van der Waals surface area contributed by atoms with E-state index >= 15 is 0 Å². The lowest BCUT2D eigenvalue weighted by Crippen LogP contribution is -1.98. The van der Waals surface area contributed by atoms with Gasteiger partial charge >= 0.3 is 0 Å². The summed E-state index contributed by atoms with van der Waals surface area (Å²) in [6.45, 7) is 0. The first-order valence-electron chi connectivity index (χ1n) is 5.56. The lowest BCUT2D eigenvalue weighted by molar-refractivity contribution is 0.572. The van der Waals surface area contributed by atoms with Crippen molar-refractivity contribution in [2.24, 2.45) is 0 Å². The molecule has 0 bridgehead atoms. The molecule has 0 aliphatic carbocycles. The lowest BCUT2D eigenvalue weighted by Gasteiger charge is -2.02. The molecule has 0 saturated carbocycles. The Morgan fingerprint density at radius 3 is 2.94 bits per heavy atom. The van der Waals surface area contributed by atoms with Crippen LogP contribution in [0.2, 0.25) is 0 Å². The predicted octanol–water partition coefficient (Wildman–Crippen LogP) is 2.27. The minimum Gasteiger partial charge on any atom is -0.384 e. The van der Waals surface area contributed by atoms with E-state index in [-0.39, 0.29) is 5.82 Å². The zero-order valence-electron chi connectivity index (χ0n) is 9.52. The molecule has 3 aromatic heterocycles. The molecule has 0 aliphatic rings. The summed E-state index contributed by atoms with van der Waals surface area (Å²) in [5.74, 6) is -0.329. The van der Waals surface area contributed by atoms with Crippen molar-refractivity contribution in [1.82, 2.24) is 15.0 Å². The quantitative estimate of drug-likeness (QED) is 0.677. The Kier molecular flexibility index (Phi) is 2.44. The van der Waals surface area contributed by atoms with Crippen LogP contribution in [0.3, 0.4) is 0 Å². The minimum absolute atomic E-state index is 0.192. The fraction of sp³-hybridized carbons (Fsp3) is 0.0769. The number of nitrogen functional groups attached to an aromatic ring is 1. The molecule has 0 unspecified atom stereocenters. The topological polar surface area (TPSA) is 67.6 Å². The number of H-pyrrole nitrogens is 1. The van der Waals surface area contributed by atoms with Crippen LogP contribution >= 0.6 is 0 Å². The van der Waals surface area contributed by atoms with Gasteiger partial charge in [-0.3, -0.25) is 0 Å². The number of hydrogen-bond acceptors (Lipinski definition) is 3. The van der Waals surface area contributed by atoms with E-state index in [0.29, 0.717) is 12.0 Å². The number of pyridine rings is 2. The van der Waals surface area contributed by atoms with Gasteiger partial charge in [0.1, 0.15) is 11.5 Å². The summed E-state index contributed by atoms with van der Waals surface area (Å²) in [6.07, 6.45) is 4.02. The van der Waals surface area contributed by atoms with Gasteiger partial charge in [-0.2, -0.15) is 4.39 Å². The molecule has 0 radical (unpaired) electrons. The standard InChI is InChI=1S/C13H11FN4/c14-12-8(3-4-11(15)18-12)6-9-7-17-13-10(9)2-1-5-16-13/h1-5,7H,6H2,(H2,15,18)(H,16,17). The number of halogens is 1. The molecular weight excluding hydrogens is 231 g/mol. The Bertz CT molecular complexity index is 705. The summed E-state index contributed by atoms with van der Waals surface area (Å²) in [5.41, 5.74) is 7.74. The summed E-state index contributed by atoms with van der Waals surface area (Å²) in [4.78, 5) is 10.9. The van der Waals surface area contributed by atoms with Gasteiger partial charge in [-0.1, -0.05) is 6.07 Å². The smallest absolute Gasteiger partial charge is 0.218 e. The van der Waals surface area contributed by atoms with Crippen molar-refractivity contribution >= 4 is 16.9 Å². The zero-order valence-corrected chi connectivity index (χ0v) is 9.52. The third kappa shape index (κ3) is 1.79. The van der Waals surface area contributed by atoms with E-state index in [0.717, 1.165) is 16.6 Å². The highest BCUT2D eigenvalue weighted by atomic mass is 19.1. The first kappa shape index (κ1) is 10.7. The van der Waals surface area contributed by atoms with Crippen LogP contribution in [0.25, 0.3) is 11.0 Å². The Morgan fingerprint density at radius 2 is 2.11 bits per heavy atom. The summed E-state index contributed by atoms with van der Waals surface area (Å²) >= 11 is 0. The van der Waals surface area contributed by atoms with Crippen molar-refractivity contribution < 1.29 is 4.39 Å². The summed E-state index contributed by atoms with van der Waals surface area (Å²) in [7, 11) is 0. The second-order valence-electron chi connectivity index (χ2n) is 4.08. The molecular formula is C13H11FN4. The van der Waals surface area contributed by atoms with Gasteiger partial charge in [-0.05, 0) is 23.8 Å². The average molecular weight is 242 g/mol. The maximum Gasteiger partial charge on any atom is 0.218 e. The van der Waals surface area contributed by atoms with E-state index in [2.05, 4.69) is 15.0 Å². The van der Waals surface area contributed by atoms with Crippen LogP contribution in [0.1, 0.15) is 11.1 Å². The van der Waals surface area contributed by atoms with Crippen molar-refractivity contribution in [3.05, 3.63) is 53.7 Å². The number of anilines is 1. The van der Waals surface area contributed by atoms with E-state index in [1.807, 2.05) is 18.3 Å². The second kappa shape index (κ2) is 4.10. The van der Waals surface area contributed by atoms with E-state index in [9.17, 15) is 4.39 Å². The number of aromatic nitrogens is 3. The molecule has 0 saturated heterocycles. The normalized spacial score (nSPS) is 10.9. The van der Waals surface area contributed by atoms with Crippen molar-refractivity contribution in [2.75, 3.05) is 5.73 Å². The SMILES string of the molecule is Nc1ccc(Cc2c[nH]c3ncccc23)c(F)n1. The predicted molar refractivity (Wildman–Crippen MR) is 67.5 cm³/mol. The average Bonchev–Trinajstić information content (AvgIpc) is 2.76. The zero-order chi connectivity index (χ0) is 12.5. The van der Waals surface area contributed by atoms with Crippen molar-refractivity contribution in [1.29, 1.82) is 0 Å². The number of fused-ring (bicyclic) bond motifs is 1. The molecule has 90 valence electrons. The molecule has 3 N–H and O–H groups in total. The molecule has 5 heteroatoms. The molecule has 0 amide bonds. The molecule has 3 rings (SSSR count). The van der Waals surface area contributed by atoms with Crippen molar-refractivity contribution in [3.8, 4) is 0 Å². The highest BCUT2D eigenvalue weighted by Crippen LogP contribution is 2.20. The van der Waals surface area contributed by atoms with Gasteiger partial charge in [0.2, 0.25) is 5.95 Å². The fourth-order valence-corrected chi connectivity index (χ4v) is 1.97. The van der Waals surface area contributed by atoms with Crippen LogP contribution in [0.15, 0.2) is 36.7 Å². The van der Waals surface area contributed by atoms with Crippen molar-refractivity contribution in [3.63, 3.8) is 0 Å². The lowest BCUT2D eigenvalue weighted by atomic mass is 10.1. The number of hydrogen-bond donors (Lipinski definition) is 2. The Morgan fingerprint density at radius 1 is 1.22 bits per heavy atom. The minimum atomic E-state index is -0.520. The van der Waals surface area contributed by atoms with Gasteiger partial charge in [0, 0.05) is 29.8 Å². The summed E-state index contributed by atoms with van der Waals surface area (Å²) in [6, 6.07) is 7.08. The van der Waals surface area contributed by atoms with Crippen LogP contribution in [0.4, 0.5) is 10.2 Å². The van der Waals surface area contributed by atoms with E-state index in [4.69, 9.17) is 5.73 Å². The molecule has 4 nitrogen and oxygen atoms in total. The number of aromatic amines is 1. The first-order valence-corrected chi connectivity index (χ1v) is 5.56. The molecule has 0 spiro atoms. The van der Waals surface area contributed by atoms with Gasteiger partial charge in [0.05, 0.1) is 0 Å². The molecule has 3 aromatic rings. The van der Waals surface area contributed by atoms with Gasteiger partial charge in [0.15, 0.2) is 0 Å². The first-order chi connectivity index (χ1) is 8.74. The Labute approximate surface area is 103 Å². The molecule has 0 aliphatic heterocycles. The number of rotatable bonds is 2. The number of nitrogens with zero attached hydrogens (tertiary/aromatic N) is 2. The van der Waals surface area contributed by atoms with Gasteiger partial charge in [-0.15, -0.1) is 0 Å². The molecule has 0 atom stereocenters. The van der Waals surface area contributed by atoms with Crippen LogP contribution in [0.5, 0.6) is 0 Å². The van der Waals surface area contributed by atoms with E-state index in [1.165, 1.54) is 0 Å². The Balaban J connectivity index is 2.01. The number of nitrogens with two attached hydrogens (primary N) is 1. The molecule has 0 aromatic carbocycles. The molecule has 3 heterocycles. The highest BCUT2D eigenvalue weighted by molar-refractivity contribution is 5.79. The van der Waals surface area contributed by atoms with Crippen LogP contribution in [0, 0.1) is 5.95 Å². The monoisotopic (exact) mass is 242 g/mol. The summed E-state index contributed by atoms with van der Waals surface area (Å²) in [5, 5.41) is 0.994. The number of nitrogens with one attached hydrogen (secondary N) is 1. The largest absolute Gasteiger partial charge is 0.384 e. The Hall–Kier alpha value is -2.43. The fourth-order valence-electron chi connectivity index (χ4n) is 1.97. The van der Waals surface area contributed by atoms with Gasteiger partial charge in [-0.25, -0.2) is 9.97 Å². The van der Waals surface area contributed by atoms with Crippen LogP contribution in [-0.2, 0) is 6.42 Å². The molecule has 18 heavy (non-hydrogen) atoms. The highest BCUT2D eigenvalue weighted by Gasteiger charge is 2.09. The maximum atomic E-state index is 13.6. The van der Waals surface area contributed by atoms with Crippen LogP contribution in [-0.4, -0.2) is 15.0 Å². The summed E-state index contributed by atoms with van der Waals surface area (Å²) < 4.78 is 13.6. The maximum absolute atomic E-state index is 13.6. The van der Waals surface area contributed by atoms with Gasteiger partial charge in [0.25, 0.3) is 0 Å². The van der Waals surface area contributed by atoms with E-state index < -0.39 is 5.95 Å². The van der Waals surface area contributed by atoms with E-state index in [1.54, 1.807) is 18.3 Å². The molecule has 0 fully saturated rings. The van der Waals surface area contributed by atoms with Crippen LogP contribution < -0.4 is 5.73 Å².